The Morgan fingerprint density at radius 2 is 1.84 bits per heavy atom. The molecular weight excluding hydrogens is 240 g/mol. The largest absolute Gasteiger partial charge is 0.458 e. The van der Waals surface area contributed by atoms with Crippen LogP contribution in [0.15, 0.2) is 0 Å². The Morgan fingerprint density at radius 1 is 1.26 bits per heavy atom. The molecule has 0 radical (unpaired) electrons. The summed E-state index contributed by atoms with van der Waals surface area (Å²) in [5.74, 6) is 0.554. The van der Waals surface area contributed by atoms with Crippen LogP contribution in [0, 0.1) is 5.92 Å². The minimum absolute atomic E-state index is 0.107. The van der Waals surface area contributed by atoms with E-state index in [0.29, 0.717) is 5.92 Å². The number of piperidine rings is 1. The summed E-state index contributed by atoms with van der Waals surface area (Å²) < 4.78 is 12.1. The molecule has 0 aromatic rings. The Balaban J connectivity index is 1.89. The first-order valence-corrected chi connectivity index (χ1v) is 7.49. The van der Waals surface area contributed by atoms with Crippen molar-refractivity contribution >= 4 is 14.2 Å². The van der Waals surface area contributed by atoms with Crippen LogP contribution in [0.5, 0.6) is 0 Å². The van der Waals surface area contributed by atoms with Crippen LogP contribution in [0.25, 0.3) is 0 Å². The third-order valence-corrected chi connectivity index (χ3v) is 4.91. The summed E-state index contributed by atoms with van der Waals surface area (Å²) in [4.78, 5) is 2.14. The van der Waals surface area contributed by atoms with Gasteiger partial charge in [-0.1, -0.05) is 0 Å². The minimum atomic E-state index is -0.346. The molecule has 0 aromatic carbocycles. The Morgan fingerprint density at radius 3 is 2.37 bits per heavy atom. The van der Waals surface area contributed by atoms with Gasteiger partial charge in [-0.25, -0.2) is 0 Å². The van der Waals surface area contributed by atoms with E-state index < -0.39 is 0 Å². The molecule has 0 aromatic heterocycles. The molecule has 2 saturated heterocycles. The molecule has 0 aliphatic carbocycles. The molecule has 0 spiro atoms. The Hall–Kier alpha value is -0.0301. The van der Waals surface area contributed by atoms with Crippen molar-refractivity contribution in [2.75, 3.05) is 13.1 Å². The lowest BCUT2D eigenvalue weighted by atomic mass is 9.72. The Kier molecular flexibility index (Phi) is 4.36. The molecule has 2 aliphatic rings. The minimum Gasteiger partial charge on any atom is -0.437 e. The molecule has 0 unspecified atom stereocenters. The van der Waals surface area contributed by atoms with Gasteiger partial charge in [0, 0.05) is 0 Å². The van der Waals surface area contributed by atoms with Crippen molar-refractivity contribution in [3.05, 3.63) is 0 Å². The molecule has 1 N–H and O–H groups in total. The van der Waals surface area contributed by atoms with Crippen molar-refractivity contribution in [1.82, 2.24) is 4.81 Å². The fraction of sp³-hybridized carbons (Fsp3) is 1.00. The monoisotopic (exact) mass is 267 g/mol. The molecule has 1 atom stereocenters. The maximum atomic E-state index is 9.69. The first-order chi connectivity index (χ1) is 8.71. The highest BCUT2D eigenvalue weighted by atomic mass is 16.7. The van der Waals surface area contributed by atoms with Gasteiger partial charge in [0.25, 0.3) is 0 Å². The molecule has 2 rings (SSSR count). The predicted molar refractivity (Wildman–Crippen MR) is 79.0 cm³/mol. The van der Waals surface area contributed by atoms with Crippen molar-refractivity contribution in [3.63, 3.8) is 0 Å². The molecule has 19 heavy (non-hydrogen) atoms. The van der Waals surface area contributed by atoms with Gasteiger partial charge in [0.2, 0.25) is 0 Å². The van der Waals surface area contributed by atoms with Gasteiger partial charge < -0.3 is 19.1 Å². The quantitative estimate of drug-likeness (QED) is 0.793. The van der Waals surface area contributed by atoms with E-state index in [-0.39, 0.29) is 25.4 Å². The molecule has 2 fully saturated rings. The lowest BCUT2D eigenvalue weighted by Gasteiger charge is -2.33. The number of nitrogens with zero attached hydrogens (tertiary/aromatic N) is 1. The summed E-state index contributed by atoms with van der Waals surface area (Å²) in [6, 6.07) is 0. The van der Waals surface area contributed by atoms with Gasteiger partial charge in [-0.2, -0.15) is 0 Å². The molecule has 4 nitrogen and oxygen atoms in total. The highest BCUT2D eigenvalue weighted by Crippen LogP contribution is 2.39. The van der Waals surface area contributed by atoms with Crippen molar-refractivity contribution in [3.8, 4) is 0 Å². The van der Waals surface area contributed by atoms with Crippen molar-refractivity contribution in [1.29, 1.82) is 0 Å². The molecule has 0 saturated carbocycles. The zero-order valence-electron chi connectivity index (χ0n) is 13.0. The zero-order valence-corrected chi connectivity index (χ0v) is 13.0. The van der Waals surface area contributed by atoms with Gasteiger partial charge in [-0.3, -0.25) is 0 Å². The highest BCUT2D eigenvalue weighted by molar-refractivity contribution is 6.46. The molecule has 2 aliphatic heterocycles. The first kappa shape index (κ1) is 15.4. The molecule has 2 heterocycles. The first-order valence-electron chi connectivity index (χ1n) is 7.49. The number of rotatable bonds is 3. The van der Waals surface area contributed by atoms with Crippen molar-refractivity contribution in [2.24, 2.45) is 5.92 Å². The summed E-state index contributed by atoms with van der Waals surface area (Å²) in [5, 5.41) is 9.69. The van der Waals surface area contributed by atoms with E-state index in [2.05, 4.69) is 32.5 Å². The second-order valence-corrected chi connectivity index (χ2v) is 7.06. The summed E-state index contributed by atoms with van der Waals surface area (Å²) in [5.41, 5.74) is -0.480. The van der Waals surface area contributed by atoms with Crippen LogP contribution < -0.4 is 0 Å². The fourth-order valence-corrected chi connectivity index (χ4v) is 2.96. The molecule has 0 amide bonds. The summed E-state index contributed by atoms with van der Waals surface area (Å²) in [6.45, 7) is 12.2. The van der Waals surface area contributed by atoms with E-state index in [1.807, 2.05) is 6.82 Å². The van der Waals surface area contributed by atoms with Crippen LogP contribution in [0.2, 0.25) is 13.1 Å². The third-order valence-electron chi connectivity index (χ3n) is 4.91. The molecule has 0 bridgehead atoms. The second kappa shape index (κ2) is 5.40. The second-order valence-electron chi connectivity index (χ2n) is 7.06. The zero-order chi connectivity index (χ0) is 14.3. The third kappa shape index (κ3) is 3.35. The topological polar surface area (TPSA) is 41.9 Å². The highest BCUT2D eigenvalue weighted by Gasteiger charge is 2.51. The lowest BCUT2D eigenvalue weighted by molar-refractivity contribution is 0.00578. The molecular formula is C13H27B2NO3. The van der Waals surface area contributed by atoms with Crippen LogP contribution in [-0.4, -0.2) is 48.3 Å². The summed E-state index contributed by atoms with van der Waals surface area (Å²) in [6.07, 6.45) is 3.28. The van der Waals surface area contributed by atoms with Gasteiger partial charge in [0.1, 0.15) is 0 Å². The average Bonchev–Trinajstić information content (AvgIpc) is 2.47. The van der Waals surface area contributed by atoms with Gasteiger partial charge in [-0.15, -0.1) is 0 Å². The Labute approximate surface area is 118 Å². The van der Waals surface area contributed by atoms with Crippen LogP contribution in [-0.2, 0) is 9.31 Å². The van der Waals surface area contributed by atoms with E-state index in [4.69, 9.17) is 9.31 Å². The maximum Gasteiger partial charge on any atom is 0.458 e. The Bertz CT molecular complexity index is 307. The molecule has 6 heteroatoms. The van der Waals surface area contributed by atoms with Crippen LogP contribution in [0.3, 0.4) is 0 Å². The average molecular weight is 267 g/mol. The van der Waals surface area contributed by atoms with Gasteiger partial charge in [-0.05, 0) is 72.7 Å². The number of hydrogen-bond acceptors (Lipinski definition) is 4. The van der Waals surface area contributed by atoms with Crippen molar-refractivity contribution in [2.45, 2.75) is 64.9 Å². The van der Waals surface area contributed by atoms with E-state index in [1.54, 1.807) is 0 Å². The standard InChI is InChI=1S/C13H27B2NO3/c1-12(2)13(3,4)19-15(18-12)9-11-7-6-8-16(10-11)14(5)17/h11,17H,6-10H2,1-5H3/t11-/m0/s1. The van der Waals surface area contributed by atoms with E-state index in [9.17, 15) is 5.02 Å². The van der Waals surface area contributed by atoms with Crippen LogP contribution in [0.1, 0.15) is 40.5 Å². The van der Waals surface area contributed by atoms with Crippen LogP contribution >= 0.6 is 0 Å². The molecule has 108 valence electrons. The summed E-state index contributed by atoms with van der Waals surface area (Å²) >= 11 is 0. The van der Waals surface area contributed by atoms with E-state index in [1.165, 1.54) is 6.42 Å². The van der Waals surface area contributed by atoms with Crippen molar-refractivity contribution < 1.29 is 14.3 Å². The summed E-state index contributed by atoms with van der Waals surface area (Å²) in [7, 11) is -0.454. The van der Waals surface area contributed by atoms with Gasteiger partial charge in [0.15, 0.2) is 0 Å². The number of hydrogen-bond donors (Lipinski definition) is 1. The SMILES string of the molecule is CB(O)N1CCC[C@@H](CB2OC(C)(C)C(C)(C)O2)C1. The van der Waals surface area contributed by atoms with Crippen LogP contribution in [0.4, 0.5) is 0 Å². The van der Waals surface area contributed by atoms with E-state index in [0.717, 1.165) is 25.8 Å². The normalized spacial score (nSPS) is 30.6. The van der Waals surface area contributed by atoms with Gasteiger partial charge in [0.05, 0.1) is 11.2 Å². The van der Waals surface area contributed by atoms with E-state index >= 15 is 0 Å². The predicted octanol–water partition coefficient (Wildman–Crippen LogP) is 1.90. The fourth-order valence-electron chi connectivity index (χ4n) is 2.96. The van der Waals surface area contributed by atoms with Gasteiger partial charge >= 0.3 is 14.2 Å². The maximum absolute atomic E-state index is 9.69. The lowest BCUT2D eigenvalue weighted by Crippen LogP contribution is -2.45. The smallest absolute Gasteiger partial charge is 0.437 e.